The van der Waals surface area contributed by atoms with Gasteiger partial charge in [-0.3, -0.25) is 0 Å². The lowest BCUT2D eigenvalue weighted by atomic mass is 10.1. The van der Waals surface area contributed by atoms with Crippen molar-refractivity contribution in [2.24, 2.45) is 0 Å². The highest BCUT2D eigenvalue weighted by Gasteiger charge is 2.14. The average Bonchev–Trinajstić information content (AvgIpc) is 3.27. The van der Waals surface area contributed by atoms with E-state index in [0.29, 0.717) is 37.0 Å². The van der Waals surface area contributed by atoms with E-state index < -0.39 is 5.97 Å². The van der Waals surface area contributed by atoms with Gasteiger partial charge in [0, 0.05) is 22.9 Å². The number of ether oxygens (including phenoxy) is 2. The Morgan fingerprint density at radius 2 is 1.85 bits per heavy atom. The fourth-order valence-corrected chi connectivity index (χ4v) is 4.39. The molecule has 0 aliphatic rings. The van der Waals surface area contributed by atoms with Crippen molar-refractivity contribution in [3.05, 3.63) is 65.3 Å². The fraction of sp³-hybridized carbons (Fsp3) is 0.240. The zero-order valence-corrected chi connectivity index (χ0v) is 19.3. The van der Waals surface area contributed by atoms with Gasteiger partial charge in [0.1, 0.15) is 29.2 Å². The summed E-state index contributed by atoms with van der Waals surface area (Å²) in [6, 6.07) is 13.2. The number of fused-ring (bicyclic) bond motifs is 1. The first-order valence-electron chi connectivity index (χ1n) is 10.8. The molecule has 0 fully saturated rings. The predicted octanol–water partition coefficient (Wildman–Crippen LogP) is 5.51. The Morgan fingerprint density at radius 1 is 1.03 bits per heavy atom. The second-order valence-electron chi connectivity index (χ2n) is 7.27. The summed E-state index contributed by atoms with van der Waals surface area (Å²) in [7, 11) is 0. The Kier molecular flexibility index (Phi) is 7.04. The van der Waals surface area contributed by atoms with Crippen molar-refractivity contribution in [1.29, 1.82) is 0 Å². The molecule has 4 rings (SSSR count). The molecule has 4 aromatic rings. The van der Waals surface area contributed by atoms with E-state index in [9.17, 15) is 9.90 Å². The zero-order valence-electron chi connectivity index (χ0n) is 18.5. The van der Waals surface area contributed by atoms with Crippen LogP contribution in [-0.2, 0) is 6.42 Å². The quantitative estimate of drug-likeness (QED) is 0.320. The molecule has 2 aromatic heterocycles. The van der Waals surface area contributed by atoms with Crippen LogP contribution in [0.5, 0.6) is 11.5 Å². The van der Waals surface area contributed by atoms with Gasteiger partial charge in [0.25, 0.3) is 0 Å². The van der Waals surface area contributed by atoms with Crippen LogP contribution in [-0.4, -0.2) is 40.8 Å². The third-order valence-electron chi connectivity index (χ3n) is 5.11. The number of anilines is 1. The maximum atomic E-state index is 11.4. The third-order valence-corrected chi connectivity index (χ3v) is 5.99. The molecule has 0 amide bonds. The van der Waals surface area contributed by atoms with Gasteiger partial charge in [0.15, 0.2) is 0 Å². The molecule has 0 atom stereocenters. The highest BCUT2D eigenvalue weighted by molar-refractivity contribution is 7.17. The molecule has 7 nitrogen and oxygen atoms in total. The lowest BCUT2D eigenvalue weighted by molar-refractivity contribution is 0.0692. The van der Waals surface area contributed by atoms with E-state index in [1.54, 1.807) is 23.5 Å². The molecule has 0 saturated heterocycles. The molecule has 0 aliphatic heterocycles. The number of carboxylic acid groups (broad SMARTS) is 1. The summed E-state index contributed by atoms with van der Waals surface area (Å²) in [6.45, 7) is 5.48. The molecule has 2 aromatic carbocycles. The van der Waals surface area contributed by atoms with E-state index in [-0.39, 0.29) is 5.56 Å². The SMILES string of the molecule is CCOc1cc2sccc2cc1CCNc1cc(-c2ccc(C(=O)O)c(OCC)c2)ncn1. The predicted molar refractivity (Wildman–Crippen MR) is 131 cm³/mol. The molecule has 0 spiro atoms. The summed E-state index contributed by atoms with van der Waals surface area (Å²) in [4.78, 5) is 20.1. The first-order chi connectivity index (χ1) is 16.1. The van der Waals surface area contributed by atoms with Crippen molar-refractivity contribution in [2.45, 2.75) is 20.3 Å². The van der Waals surface area contributed by atoms with Crippen molar-refractivity contribution < 1.29 is 19.4 Å². The van der Waals surface area contributed by atoms with Gasteiger partial charge in [0.05, 0.1) is 18.9 Å². The van der Waals surface area contributed by atoms with Crippen molar-refractivity contribution in [3.8, 4) is 22.8 Å². The van der Waals surface area contributed by atoms with Crippen LogP contribution in [0.25, 0.3) is 21.3 Å². The lowest BCUT2D eigenvalue weighted by Gasteiger charge is -2.12. The van der Waals surface area contributed by atoms with E-state index in [1.807, 2.05) is 19.9 Å². The second-order valence-corrected chi connectivity index (χ2v) is 8.21. The van der Waals surface area contributed by atoms with E-state index >= 15 is 0 Å². The summed E-state index contributed by atoms with van der Waals surface area (Å²) in [5, 5.41) is 16.0. The molecule has 170 valence electrons. The maximum absolute atomic E-state index is 11.4. The number of benzene rings is 2. The molecule has 0 saturated carbocycles. The van der Waals surface area contributed by atoms with Gasteiger partial charge in [-0.15, -0.1) is 11.3 Å². The number of thiophene rings is 1. The molecule has 0 radical (unpaired) electrons. The van der Waals surface area contributed by atoms with Gasteiger partial charge in [-0.25, -0.2) is 14.8 Å². The number of carboxylic acids is 1. The monoisotopic (exact) mass is 463 g/mol. The van der Waals surface area contributed by atoms with E-state index in [4.69, 9.17) is 9.47 Å². The fourth-order valence-electron chi connectivity index (χ4n) is 3.59. The highest BCUT2D eigenvalue weighted by Crippen LogP contribution is 2.30. The Labute approximate surface area is 196 Å². The number of hydrogen-bond donors (Lipinski definition) is 2. The first-order valence-corrected chi connectivity index (χ1v) is 11.7. The Morgan fingerprint density at radius 3 is 2.64 bits per heavy atom. The van der Waals surface area contributed by atoms with Gasteiger partial charge >= 0.3 is 5.97 Å². The molecular weight excluding hydrogens is 438 g/mol. The lowest BCUT2D eigenvalue weighted by Crippen LogP contribution is -2.08. The summed E-state index contributed by atoms with van der Waals surface area (Å²) in [5.41, 5.74) is 2.71. The van der Waals surface area contributed by atoms with Crippen molar-refractivity contribution in [3.63, 3.8) is 0 Å². The number of hydrogen-bond acceptors (Lipinski definition) is 7. The van der Waals surface area contributed by atoms with Crippen LogP contribution in [0, 0.1) is 0 Å². The minimum atomic E-state index is -1.03. The van der Waals surface area contributed by atoms with Crippen LogP contribution >= 0.6 is 11.3 Å². The topological polar surface area (TPSA) is 93.6 Å². The van der Waals surface area contributed by atoms with Crippen molar-refractivity contribution in [2.75, 3.05) is 25.1 Å². The van der Waals surface area contributed by atoms with Crippen molar-refractivity contribution in [1.82, 2.24) is 9.97 Å². The summed E-state index contributed by atoms with van der Waals surface area (Å²) in [6.07, 6.45) is 2.27. The van der Waals surface area contributed by atoms with Gasteiger partial charge < -0.3 is 19.9 Å². The first kappa shape index (κ1) is 22.5. The largest absolute Gasteiger partial charge is 0.494 e. The molecule has 0 unspecified atom stereocenters. The van der Waals surface area contributed by atoms with Crippen molar-refractivity contribution >= 4 is 33.2 Å². The Balaban J connectivity index is 1.49. The molecule has 0 aliphatic carbocycles. The van der Waals surface area contributed by atoms with Crippen LogP contribution in [0.2, 0.25) is 0 Å². The minimum Gasteiger partial charge on any atom is -0.494 e. The Hall–Kier alpha value is -3.65. The smallest absolute Gasteiger partial charge is 0.339 e. The third kappa shape index (κ3) is 5.23. The minimum absolute atomic E-state index is 0.126. The van der Waals surface area contributed by atoms with Crippen LogP contribution in [0.3, 0.4) is 0 Å². The number of aromatic carboxylic acids is 1. The summed E-state index contributed by atoms with van der Waals surface area (Å²) >= 11 is 1.71. The van der Waals surface area contributed by atoms with Crippen LogP contribution < -0.4 is 14.8 Å². The molecule has 8 heteroatoms. The maximum Gasteiger partial charge on any atom is 0.339 e. The highest BCUT2D eigenvalue weighted by atomic mass is 32.1. The number of rotatable bonds is 10. The standard InChI is InChI=1S/C25H25N3O4S/c1-3-31-21-14-23-18(8-10-33-23)11-17(21)7-9-26-24-13-20(27-15-28-24)16-5-6-19(25(29)30)22(12-16)32-4-2/h5-6,8,10-15H,3-4,7,9H2,1-2H3,(H,29,30)(H,26,27,28). The number of carbonyl (C=O) groups is 1. The van der Waals surface area contributed by atoms with E-state index in [1.165, 1.54) is 22.5 Å². The van der Waals surface area contributed by atoms with Crippen LogP contribution in [0.15, 0.2) is 54.2 Å². The molecule has 0 bridgehead atoms. The molecule has 33 heavy (non-hydrogen) atoms. The summed E-state index contributed by atoms with van der Waals surface area (Å²) < 4.78 is 12.6. The van der Waals surface area contributed by atoms with Gasteiger partial charge in [-0.2, -0.15) is 0 Å². The normalized spacial score (nSPS) is 10.8. The number of aromatic nitrogens is 2. The number of nitrogens with zero attached hydrogens (tertiary/aromatic N) is 2. The van der Waals surface area contributed by atoms with Gasteiger partial charge in [-0.1, -0.05) is 6.07 Å². The molecule has 2 N–H and O–H groups in total. The molecular formula is C25H25N3O4S. The van der Waals surface area contributed by atoms with Gasteiger partial charge in [0.2, 0.25) is 0 Å². The molecule has 2 heterocycles. The van der Waals surface area contributed by atoms with Crippen LogP contribution in [0.1, 0.15) is 29.8 Å². The second kappa shape index (κ2) is 10.3. The van der Waals surface area contributed by atoms with E-state index in [0.717, 1.165) is 23.3 Å². The van der Waals surface area contributed by atoms with E-state index in [2.05, 4.69) is 38.9 Å². The summed E-state index contributed by atoms with van der Waals surface area (Å²) in [5.74, 6) is 0.902. The average molecular weight is 464 g/mol. The van der Waals surface area contributed by atoms with Crippen LogP contribution in [0.4, 0.5) is 5.82 Å². The zero-order chi connectivity index (χ0) is 23.2. The van der Waals surface area contributed by atoms with Gasteiger partial charge in [-0.05, 0) is 66.9 Å². The Bertz CT molecular complexity index is 1270. The number of nitrogens with one attached hydrogen (secondary N) is 1.